The van der Waals surface area contributed by atoms with E-state index in [1.807, 2.05) is 79.7 Å². The highest BCUT2D eigenvalue weighted by atomic mass is 127. The van der Waals surface area contributed by atoms with E-state index in [0.717, 1.165) is 24.9 Å². The average Bonchev–Trinajstić information content (AvgIpc) is 3.03. The lowest BCUT2D eigenvalue weighted by Crippen LogP contribution is -2.30. The van der Waals surface area contributed by atoms with Gasteiger partial charge in [-0.05, 0) is 95.3 Å². The van der Waals surface area contributed by atoms with Crippen molar-refractivity contribution in [3.8, 4) is 11.5 Å². The van der Waals surface area contributed by atoms with Crippen LogP contribution in [0.15, 0.2) is 76.9 Å². The molecular weight excluding hydrogens is 627 g/mol. The number of amides is 1. The molecule has 1 aliphatic rings. The Labute approximate surface area is 226 Å². The molecule has 1 aliphatic heterocycles. The second kappa shape index (κ2) is 10.9. The van der Waals surface area contributed by atoms with E-state index in [1.165, 1.54) is 0 Å². The summed E-state index contributed by atoms with van der Waals surface area (Å²) in [7, 11) is 1.80. The fourth-order valence-electron chi connectivity index (χ4n) is 3.53. The SMILES string of the molecule is CCOc1cc(/C=C2/C(=O)N(c3ccccc3)C(=S)N2C)cc(I)c1OCc1ccc(Br)cc1. The molecule has 0 saturated carbocycles. The maximum Gasteiger partial charge on any atom is 0.281 e. The normalized spacial score (nSPS) is 14.8. The van der Waals surface area contributed by atoms with Gasteiger partial charge in [0.15, 0.2) is 16.6 Å². The molecule has 4 rings (SSSR count). The van der Waals surface area contributed by atoms with Gasteiger partial charge in [-0.15, -0.1) is 0 Å². The van der Waals surface area contributed by atoms with Crippen LogP contribution in [0.1, 0.15) is 18.1 Å². The fourth-order valence-corrected chi connectivity index (χ4v) is 4.86. The lowest BCUT2D eigenvalue weighted by atomic mass is 10.1. The van der Waals surface area contributed by atoms with Gasteiger partial charge >= 0.3 is 0 Å². The van der Waals surface area contributed by atoms with E-state index in [4.69, 9.17) is 21.7 Å². The zero-order valence-corrected chi connectivity index (χ0v) is 23.2. The van der Waals surface area contributed by atoms with Crippen LogP contribution in [0.3, 0.4) is 0 Å². The molecule has 8 heteroatoms. The molecule has 1 heterocycles. The Bertz CT molecular complexity index is 1250. The second-order valence-corrected chi connectivity index (χ2v) is 9.97. The summed E-state index contributed by atoms with van der Waals surface area (Å²) in [5.41, 5.74) is 3.13. The van der Waals surface area contributed by atoms with Gasteiger partial charge in [-0.2, -0.15) is 0 Å². The van der Waals surface area contributed by atoms with Crippen LogP contribution in [0.5, 0.6) is 11.5 Å². The number of halogens is 2. The van der Waals surface area contributed by atoms with Crippen molar-refractivity contribution < 1.29 is 14.3 Å². The molecule has 3 aromatic carbocycles. The number of ether oxygens (including phenoxy) is 2. The van der Waals surface area contributed by atoms with Gasteiger partial charge in [0.1, 0.15) is 12.3 Å². The summed E-state index contributed by atoms with van der Waals surface area (Å²) in [6, 6.07) is 21.3. The molecule has 0 aromatic heterocycles. The summed E-state index contributed by atoms with van der Waals surface area (Å²) in [4.78, 5) is 16.5. The van der Waals surface area contributed by atoms with Gasteiger partial charge in [0.25, 0.3) is 5.91 Å². The smallest absolute Gasteiger partial charge is 0.281 e. The highest BCUT2D eigenvalue weighted by Gasteiger charge is 2.36. The largest absolute Gasteiger partial charge is 0.490 e. The van der Waals surface area contributed by atoms with Crippen LogP contribution in [0.2, 0.25) is 0 Å². The average molecular weight is 649 g/mol. The van der Waals surface area contributed by atoms with Crippen LogP contribution in [-0.2, 0) is 11.4 Å². The first-order valence-corrected chi connectivity index (χ1v) is 12.9. The number of thiocarbonyl (C=S) groups is 1. The van der Waals surface area contributed by atoms with Crippen LogP contribution in [0.4, 0.5) is 5.69 Å². The Hall–Kier alpha value is -2.43. The van der Waals surface area contributed by atoms with Crippen molar-refractivity contribution in [1.29, 1.82) is 0 Å². The molecule has 0 N–H and O–H groups in total. The lowest BCUT2D eigenvalue weighted by Gasteiger charge is -2.16. The number of likely N-dealkylation sites (N-methyl/N-ethyl adjacent to an activating group) is 1. The Kier molecular flexibility index (Phi) is 7.90. The van der Waals surface area contributed by atoms with Crippen molar-refractivity contribution in [2.75, 3.05) is 18.6 Å². The Balaban J connectivity index is 1.63. The van der Waals surface area contributed by atoms with Gasteiger partial charge < -0.3 is 14.4 Å². The van der Waals surface area contributed by atoms with Gasteiger partial charge in [0, 0.05) is 11.5 Å². The number of nitrogens with zero attached hydrogens (tertiary/aromatic N) is 2. The van der Waals surface area contributed by atoms with Gasteiger partial charge in [-0.25, -0.2) is 0 Å². The molecular formula is C26H22BrIN2O3S. The van der Waals surface area contributed by atoms with Crippen LogP contribution >= 0.6 is 50.7 Å². The summed E-state index contributed by atoms with van der Waals surface area (Å²) < 4.78 is 13.9. The standard InChI is InChI=1S/C26H22BrIN2O3S/c1-3-32-23-15-18(13-21(28)24(23)33-16-17-9-11-19(27)12-10-17)14-22-25(31)30(26(34)29(22)2)20-7-5-4-6-8-20/h4-15H,3,16H2,1-2H3/b22-14-. The van der Waals surface area contributed by atoms with E-state index >= 15 is 0 Å². The Morgan fingerprint density at radius 3 is 2.44 bits per heavy atom. The maximum atomic E-state index is 13.2. The second-order valence-electron chi connectivity index (χ2n) is 7.53. The lowest BCUT2D eigenvalue weighted by molar-refractivity contribution is -0.114. The molecule has 1 fully saturated rings. The number of anilines is 1. The number of benzene rings is 3. The molecule has 34 heavy (non-hydrogen) atoms. The van der Waals surface area contributed by atoms with Crippen molar-refractivity contribution in [2.45, 2.75) is 13.5 Å². The summed E-state index contributed by atoms with van der Waals surface area (Å²) in [6.07, 6.45) is 1.83. The van der Waals surface area contributed by atoms with E-state index in [2.05, 4.69) is 38.5 Å². The molecule has 0 atom stereocenters. The van der Waals surface area contributed by atoms with Gasteiger partial charge in [0.05, 0.1) is 15.9 Å². The van der Waals surface area contributed by atoms with Crippen molar-refractivity contribution >= 4 is 73.5 Å². The quantitative estimate of drug-likeness (QED) is 0.163. The van der Waals surface area contributed by atoms with Crippen molar-refractivity contribution in [3.05, 3.63) is 91.6 Å². The number of hydrogen-bond acceptors (Lipinski definition) is 4. The van der Waals surface area contributed by atoms with E-state index in [1.54, 1.807) is 16.8 Å². The molecule has 0 aliphatic carbocycles. The molecule has 0 spiro atoms. The number of rotatable bonds is 7. The molecule has 3 aromatic rings. The predicted octanol–water partition coefficient (Wildman–Crippen LogP) is 6.64. The maximum absolute atomic E-state index is 13.2. The summed E-state index contributed by atoms with van der Waals surface area (Å²) in [6.45, 7) is 2.85. The minimum Gasteiger partial charge on any atom is -0.490 e. The molecule has 0 radical (unpaired) electrons. The first-order valence-electron chi connectivity index (χ1n) is 10.6. The van der Waals surface area contributed by atoms with E-state index in [0.29, 0.717) is 35.5 Å². The first-order chi connectivity index (χ1) is 16.4. The van der Waals surface area contributed by atoms with Gasteiger partial charge in [-0.1, -0.05) is 46.3 Å². The van der Waals surface area contributed by atoms with Crippen molar-refractivity contribution in [2.24, 2.45) is 0 Å². The Morgan fingerprint density at radius 1 is 1.06 bits per heavy atom. The van der Waals surface area contributed by atoms with Crippen LogP contribution in [0, 0.1) is 3.57 Å². The molecule has 5 nitrogen and oxygen atoms in total. The molecule has 0 bridgehead atoms. The minimum absolute atomic E-state index is 0.165. The highest BCUT2D eigenvalue weighted by Crippen LogP contribution is 2.36. The molecule has 1 saturated heterocycles. The van der Waals surface area contributed by atoms with Gasteiger partial charge in [0.2, 0.25) is 0 Å². The van der Waals surface area contributed by atoms with E-state index in [-0.39, 0.29) is 5.91 Å². The van der Waals surface area contributed by atoms with Crippen LogP contribution in [0.25, 0.3) is 6.08 Å². The van der Waals surface area contributed by atoms with E-state index < -0.39 is 0 Å². The molecule has 0 unspecified atom stereocenters. The topological polar surface area (TPSA) is 42.0 Å². The number of hydrogen-bond donors (Lipinski definition) is 0. The minimum atomic E-state index is -0.165. The third kappa shape index (κ3) is 5.29. The van der Waals surface area contributed by atoms with E-state index in [9.17, 15) is 4.79 Å². The fraction of sp³-hybridized carbons (Fsp3) is 0.154. The van der Waals surface area contributed by atoms with Crippen molar-refractivity contribution in [1.82, 2.24) is 4.90 Å². The zero-order valence-electron chi connectivity index (χ0n) is 18.6. The zero-order chi connectivity index (χ0) is 24.2. The monoisotopic (exact) mass is 648 g/mol. The first kappa shape index (κ1) is 24.7. The molecule has 1 amide bonds. The third-order valence-corrected chi connectivity index (χ3v) is 6.99. The number of carbonyl (C=O) groups excluding carboxylic acids is 1. The summed E-state index contributed by atoms with van der Waals surface area (Å²) in [5.74, 6) is 1.15. The summed E-state index contributed by atoms with van der Waals surface area (Å²) in [5, 5.41) is 0.441. The van der Waals surface area contributed by atoms with Crippen molar-refractivity contribution in [3.63, 3.8) is 0 Å². The highest BCUT2D eigenvalue weighted by molar-refractivity contribution is 14.1. The van der Waals surface area contributed by atoms with Crippen LogP contribution < -0.4 is 14.4 Å². The number of para-hydroxylation sites is 1. The summed E-state index contributed by atoms with van der Waals surface area (Å²) >= 11 is 11.2. The predicted molar refractivity (Wildman–Crippen MR) is 151 cm³/mol. The van der Waals surface area contributed by atoms with Crippen LogP contribution in [-0.4, -0.2) is 29.6 Å². The third-order valence-electron chi connectivity index (χ3n) is 5.21. The molecule has 174 valence electrons. The van der Waals surface area contributed by atoms with Gasteiger partial charge in [-0.3, -0.25) is 9.69 Å². The number of carbonyl (C=O) groups is 1. The Morgan fingerprint density at radius 2 is 1.76 bits per heavy atom.